The number of nitrogens with zero attached hydrogens (tertiary/aromatic N) is 2. The number of H-pyrrole nitrogens is 2. The Morgan fingerprint density at radius 3 is 1.61 bits per heavy atom. The summed E-state index contributed by atoms with van der Waals surface area (Å²) in [6.07, 6.45) is -0.506. The zero-order valence-corrected chi connectivity index (χ0v) is 43.2. The van der Waals surface area contributed by atoms with Crippen LogP contribution in [0.1, 0.15) is 73.9 Å². The van der Waals surface area contributed by atoms with Gasteiger partial charge in [0.2, 0.25) is 0 Å². The van der Waals surface area contributed by atoms with E-state index in [0.717, 1.165) is 16.7 Å². The molecular formula is C48H61N4O12PSeSi. The Hall–Kier alpha value is -4.45. The molecule has 3 aromatic carbocycles. The second-order valence-corrected chi connectivity index (χ2v) is 29.6. The van der Waals surface area contributed by atoms with E-state index in [0.29, 0.717) is 29.0 Å². The fourth-order valence-electron chi connectivity index (χ4n) is 8.20. The summed E-state index contributed by atoms with van der Waals surface area (Å²) in [6.45, 7) is 15.9. The van der Waals surface area contributed by atoms with Crippen molar-refractivity contribution < 1.29 is 37.2 Å². The first-order valence-electron chi connectivity index (χ1n) is 22.2. The maximum absolute atomic E-state index is 13.3. The molecule has 19 heteroatoms. The molecule has 16 nitrogen and oxygen atoms in total. The zero-order valence-electron chi connectivity index (χ0n) is 39.6. The van der Waals surface area contributed by atoms with E-state index in [1.807, 2.05) is 85.5 Å². The first-order chi connectivity index (χ1) is 31.6. The van der Waals surface area contributed by atoms with Crippen LogP contribution in [0, 0.1) is 13.8 Å². The average molecular weight is 1020 g/mol. The molecule has 0 amide bonds. The van der Waals surface area contributed by atoms with Crippen LogP contribution in [0.4, 0.5) is 0 Å². The molecule has 0 saturated carbocycles. The normalized spacial score (nSPS) is 22.1. The number of nitrogens with one attached hydrogen (secondary N) is 2. The third-order valence-electron chi connectivity index (χ3n) is 13.0. The van der Waals surface area contributed by atoms with Crippen molar-refractivity contribution in [3.8, 4) is 11.5 Å². The number of aromatic nitrogens is 4. The number of benzene rings is 3. The number of hydrogen-bond donors (Lipinski definition) is 2. The molecule has 2 saturated heterocycles. The Balaban J connectivity index is 1.21. The molecular weight excluding hydrogens is 963 g/mol. The fraction of sp³-hybridized carbons (Fsp3) is 0.458. The molecule has 2 aliphatic rings. The van der Waals surface area contributed by atoms with E-state index in [-0.39, 0.29) is 24.7 Å². The minimum absolute atomic E-state index is 0.0195. The number of methoxy groups -OCH3 is 2. The summed E-state index contributed by atoms with van der Waals surface area (Å²) >= 11 is 3.18. The van der Waals surface area contributed by atoms with Gasteiger partial charge in [-0.1, -0.05) is 0 Å². The summed E-state index contributed by atoms with van der Waals surface area (Å²) in [5, 5.41) is -0.119. The first-order valence-corrected chi connectivity index (χ1v) is 29.4. The second kappa shape index (κ2) is 20.3. The molecule has 7 atom stereocenters. The standard InChI is InChI=1S/C48H61N4O12PSeSi/c1-30-26-51(45(55)49-43(30)53)41-24-37(63-65(8,66)60-29-40-38(64-67(9,10)47(3,4)5)25-42(62-40)52-27-31(2)44(54)50-46(52)56)39(61-41)28-59-48(32-14-12-11-13-15-32,33-16-20-35(57-6)21-17-33)34-18-22-36(58-7)23-19-34/h11-23,26-27,37-42H,24-25,28-29H2,1-10H3,(H,49,53,55)(H,50,54,56)/t37-,38-,39+,40+,41+,42+,65?/m0/s1. The molecule has 0 radical (unpaired) electrons. The summed E-state index contributed by atoms with van der Waals surface area (Å²) in [5.41, 5.74) is -0.124. The van der Waals surface area contributed by atoms with Crippen LogP contribution in [0.25, 0.3) is 0 Å². The van der Waals surface area contributed by atoms with Gasteiger partial charge in [-0.25, -0.2) is 0 Å². The van der Waals surface area contributed by atoms with Crippen molar-refractivity contribution in [2.45, 2.75) is 108 Å². The van der Waals surface area contributed by atoms with Gasteiger partial charge in [-0.2, -0.15) is 0 Å². The van der Waals surface area contributed by atoms with Gasteiger partial charge >= 0.3 is 386 Å². The van der Waals surface area contributed by atoms with Crippen molar-refractivity contribution in [3.05, 3.63) is 161 Å². The van der Waals surface area contributed by atoms with E-state index in [1.54, 1.807) is 28.1 Å². The summed E-state index contributed by atoms with van der Waals surface area (Å²) in [5.74, 6) is -1.53. The molecule has 1 unspecified atom stereocenters. The van der Waals surface area contributed by atoms with E-state index >= 15 is 0 Å². The monoisotopic (exact) mass is 1020 g/mol. The van der Waals surface area contributed by atoms with Crippen molar-refractivity contribution in [1.29, 1.82) is 0 Å². The van der Waals surface area contributed by atoms with Gasteiger partial charge in [0, 0.05) is 0 Å². The van der Waals surface area contributed by atoms with Gasteiger partial charge in [-0.15, -0.1) is 0 Å². The third kappa shape index (κ3) is 11.0. The number of ether oxygens (including phenoxy) is 5. The number of aryl methyl sites for hydroxylation is 2. The average Bonchev–Trinajstić information content (AvgIpc) is 3.88. The summed E-state index contributed by atoms with van der Waals surface area (Å²) in [7, 11) is 0.878. The van der Waals surface area contributed by atoms with E-state index in [9.17, 15) is 19.2 Å². The molecule has 7 rings (SSSR count). The molecule has 0 aliphatic carbocycles. The summed E-state index contributed by atoms with van der Waals surface area (Å²) in [6, 6.07) is 25.3. The van der Waals surface area contributed by atoms with Gasteiger partial charge in [-0.3, -0.25) is 0 Å². The van der Waals surface area contributed by atoms with Crippen molar-refractivity contribution in [2.24, 2.45) is 0 Å². The van der Waals surface area contributed by atoms with Crippen molar-refractivity contribution in [1.82, 2.24) is 19.1 Å². The Kier molecular flexibility index (Phi) is 15.2. The fourth-order valence-corrected chi connectivity index (χ4v) is 11.8. The maximum atomic E-state index is 13.3. The van der Waals surface area contributed by atoms with E-state index in [4.69, 9.17) is 37.2 Å². The molecule has 2 aromatic heterocycles. The zero-order chi connectivity index (χ0) is 48.5. The predicted molar refractivity (Wildman–Crippen MR) is 259 cm³/mol. The number of aromatic amines is 2. The van der Waals surface area contributed by atoms with Crippen molar-refractivity contribution in [2.75, 3.05) is 34.1 Å². The Morgan fingerprint density at radius 2 is 1.15 bits per heavy atom. The predicted octanol–water partition coefficient (Wildman–Crippen LogP) is 6.66. The van der Waals surface area contributed by atoms with E-state index in [2.05, 4.69) is 58.9 Å². The molecule has 67 heavy (non-hydrogen) atoms. The van der Waals surface area contributed by atoms with Crippen LogP contribution in [0.5, 0.6) is 11.5 Å². The van der Waals surface area contributed by atoms with Gasteiger partial charge in [0.1, 0.15) is 0 Å². The van der Waals surface area contributed by atoms with Crippen LogP contribution >= 0.6 is 5.96 Å². The van der Waals surface area contributed by atoms with Gasteiger partial charge in [0.25, 0.3) is 0 Å². The molecule has 2 fully saturated rings. The number of hydrogen-bond acceptors (Lipinski definition) is 12. The minimum atomic E-state index is -2.89. The summed E-state index contributed by atoms with van der Waals surface area (Å²) in [4.78, 5) is 55.9. The van der Waals surface area contributed by atoms with Crippen LogP contribution < -0.4 is 32.0 Å². The Labute approximate surface area is 398 Å². The Morgan fingerprint density at radius 1 is 0.701 bits per heavy atom. The van der Waals surface area contributed by atoms with Crippen LogP contribution in [-0.2, 0) is 33.3 Å². The van der Waals surface area contributed by atoms with Gasteiger partial charge in [-0.05, 0) is 0 Å². The Bertz CT molecular complexity index is 2760. The molecule has 4 heterocycles. The number of rotatable bonds is 17. The molecule has 360 valence electrons. The van der Waals surface area contributed by atoms with E-state index < -0.39 is 79.3 Å². The second-order valence-electron chi connectivity index (χ2n) is 18.6. The van der Waals surface area contributed by atoms with Crippen LogP contribution in [-0.4, -0.2) is 101 Å². The van der Waals surface area contributed by atoms with Crippen LogP contribution in [0.2, 0.25) is 18.1 Å². The van der Waals surface area contributed by atoms with Crippen molar-refractivity contribution >= 4 is 29.4 Å². The topological polar surface area (TPSA) is 184 Å². The van der Waals surface area contributed by atoms with Gasteiger partial charge in [0.05, 0.1) is 14.2 Å². The molecule has 5 aromatic rings. The van der Waals surface area contributed by atoms with Gasteiger partial charge in [0.15, 0.2) is 0 Å². The first kappa shape index (κ1) is 50.4. The quantitative estimate of drug-likeness (QED) is 0.0575. The molecule has 2 N–H and O–H groups in total. The van der Waals surface area contributed by atoms with Crippen molar-refractivity contribution in [3.63, 3.8) is 0 Å². The van der Waals surface area contributed by atoms with E-state index in [1.165, 1.54) is 21.5 Å². The molecule has 0 bridgehead atoms. The SMILES string of the molecule is COc1ccc(C(OC[C@H]2O[C@@H](n3cc(C)c(=O)[nH]c3=O)C[C@@H]2OP(C)(=[Se])OC[C@H]2O[C@@H](n3cc(C)c(=O)[nH]c3=O)C[C@@H]2O[Si](C)(C)C(C)(C)C)(c2ccccc2)c2ccc(OC)cc2)cc1. The molecule has 0 spiro atoms. The third-order valence-corrected chi connectivity index (χ3v) is 19.9. The van der Waals surface area contributed by atoms with Crippen LogP contribution in [0.15, 0.2) is 110 Å². The summed E-state index contributed by atoms with van der Waals surface area (Å²) < 4.78 is 55.0. The molecule has 2 aliphatic heterocycles. The van der Waals surface area contributed by atoms with Crippen LogP contribution in [0.3, 0.4) is 0 Å². The van der Waals surface area contributed by atoms with Gasteiger partial charge < -0.3 is 0 Å².